The van der Waals surface area contributed by atoms with E-state index in [-0.39, 0.29) is 29.3 Å². The number of hydrogen-bond acceptors (Lipinski definition) is 8. The van der Waals surface area contributed by atoms with Crippen LogP contribution in [0.25, 0.3) is 0 Å². The summed E-state index contributed by atoms with van der Waals surface area (Å²) in [5.41, 5.74) is 0.162. The predicted molar refractivity (Wildman–Crippen MR) is 111 cm³/mol. The Morgan fingerprint density at radius 1 is 1.28 bits per heavy atom. The van der Waals surface area contributed by atoms with Crippen LogP contribution in [0.5, 0.6) is 5.88 Å². The van der Waals surface area contributed by atoms with Crippen LogP contribution in [0.1, 0.15) is 46.8 Å². The molecule has 1 saturated carbocycles. The number of aromatic hydroxyl groups is 1. The highest BCUT2D eigenvalue weighted by Crippen LogP contribution is 2.40. The topological polar surface area (TPSA) is 119 Å². The van der Waals surface area contributed by atoms with Crippen LogP contribution in [-0.4, -0.2) is 27.9 Å². The molecular weight excluding hydrogens is 419 g/mol. The molecule has 0 aliphatic heterocycles. The number of rotatable bonds is 7. The number of benzene rings is 1. The van der Waals surface area contributed by atoms with Crippen molar-refractivity contribution < 1.29 is 23.6 Å². The number of carbonyl (C=O) groups excluding carboxylic acids is 1. The molecule has 0 radical (unpaired) electrons. The van der Waals surface area contributed by atoms with Crippen molar-refractivity contribution in [2.45, 2.75) is 38.1 Å². The minimum absolute atomic E-state index is 0.102. The van der Waals surface area contributed by atoms with Gasteiger partial charge in [0.25, 0.3) is 11.4 Å². The molecule has 0 unspecified atom stereocenters. The summed E-state index contributed by atoms with van der Waals surface area (Å²) in [5, 5.41) is 22.1. The number of pyridine rings is 1. The largest absolute Gasteiger partial charge is 0.493 e. The molecule has 0 atom stereocenters. The van der Waals surface area contributed by atoms with Gasteiger partial charge in [0.05, 0.1) is 7.11 Å². The van der Waals surface area contributed by atoms with Crippen molar-refractivity contribution in [2.75, 3.05) is 7.11 Å². The fourth-order valence-electron chi connectivity index (χ4n) is 3.65. The Kier molecular flexibility index (Phi) is 6.11. The van der Waals surface area contributed by atoms with Crippen molar-refractivity contribution in [3.63, 3.8) is 0 Å². The lowest BCUT2D eigenvalue weighted by Crippen LogP contribution is -2.34. The zero-order valence-electron chi connectivity index (χ0n) is 17.3. The molecule has 4 rings (SSSR count). The van der Waals surface area contributed by atoms with Crippen molar-refractivity contribution in [2.24, 2.45) is 10.2 Å². The molecule has 1 aliphatic rings. The second-order valence-electron chi connectivity index (χ2n) is 7.45. The van der Waals surface area contributed by atoms with E-state index < -0.39 is 29.0 Å². The Morgan fingerprint density at radius 3 is 2.62 bits per heavy atom. The number of esters is 1. The minimum atomic E-state index is -0.838. The molecule has 0 bridgehead atoms. The quantitative estimate of drug-likeness (QED) is 0.430. The SMILES string of the molecule is COC(=O)c1c(CCc2ccccc2)c(N=Nc2nocc2F)c(O)n(C2CCC2)c1=O. The van der Waals surface area contributed by atoms with Crippen molar-refractivity contribution in [1.29, 1.82) is 0 Å². The average Bonchev–Trinajstić information content (AvgIpc) is 3.18. The fourth-order valence-corrected chi connectivity index (χ4v) is 3.65. The zero-order valence-corrected chi connectivity index (χ0v) is 17.3. The number of azo groups is 1. The van der Waals surface area contributed by atoms with Gasteiger partial charge in [-0.1, -0.05) is 35.5 Å². The second kappa shape index (κ2) is 9.13. The number of aryl methyl sites for hydroxylation is 1. The van der Waals surface area contributed by atoms with E-state index in [2.05, 4.69) is 19.9 Å². The van der Waals surface area contributed by atoms with Crippen molar-refractivity contribution >= 4 is 17.5 Å². The summed E-state index contributed by atoms with van der Waals surface area (Å²) in [5.74, 6) is -2.52. The molecule has 32 heavy (non-hydrogen) atoms. The third kappa shape index (κ3) is 4.03. The van der Waals surface area contributed by atoms with E-state index in [4.69, 9.17) is 4.74 Å². The first-order valence-electron chi connectivity index (χ1n) is 10.2. The molecule has 2 heterocycles. The van der Waals surface area contributed by atoms with E-state index in [9.17, 15) is 19.1 Å². The first-order valence-corrected chi connectivity index (χ1v) is 10.2. The zero-order chi connectivity index (χ0) is 22.7. The standard InChI is InChI=1S/C22H21FN4O5/c1-31-22(30)17-15(11-10-13-6-3-2-4-7-13)18(24-25-19-16(23)12-32-26-19)21(29)27(20(17)28)14-8-5-9-14/h2-4,6-7,12,14,29H,5,8-11H2,1H3. The van der Waals surface area contributed by atoms with Gasteiger partial charge in [-0.3, -0.25) is 9.36 Å². The number of carbonyl (C=O) groups is 1. The van der Waals surface area contributed by atoms with Crippen LogP contribution in [0.4, 0.5) is 15.9 Å². The molecule has 3 aromatic rings. The maximum Gasteiger partial charge on any atom is 0.343 e. The van der Waals surface area contributed by atoms with Gasteiger partial charge in [-0.2, -0.15) is 4.39 Å². The summed E-state index contributed by atoms with van der Waals surface area (Å²) < 4.78 is 24.2. The predicted octanol–water partition coefficient (Wildman–Crippen LogP) is 4.39. The normalized spacial score (nSPS) is 13.9. The summed E-state index contributed by atoms with van der Waals surface area (Å²) >= 11 is 0. The van der Waals surface area contributed by atoms with E-state index in [1.54, 1.807) is 0 Å². The molecule has 0 amide bonds. The molecule has 166 valence electrons. The Labute approximate surface area is 182 Å². The lowest BCUT2D eigenvalue weighted by Gasteiger charge is -2.29. The highest BCUT2D eigenvalue weighted by molar-refractivity contribution is 5.92. The van der Waals surface area contributed by atoms with Gasteiger partial charge in [0.1, 0.15) is 5.56 Å². The van der Waals surface area contributed by atoms with Gasteiger partial charge in [-0.25, -0.2) is 4.79 Å². The monoisotopic (exact) mass is 440 g/mol. The summed E-state index contributed by atoms with van der Waals surface area (Å²) in [4.78, 5) is 25.9. The van der Waals surface area contributed by atoms with Crippen LogP contribution in [0.2, 0.25) is 0 Å². The molecule has 0 saturated heterocycles. The minimum Gasteiger partial charge on any atom is -0.493 e. The molecule has 10 heteroatoms. The summed E-state index contributed by atoms with van der Waals surface area (Å²) in [6.45, 7) is 0. The molecule has 0 spiro atoms. The first kappa shape index (κ1) is 21.4. The van der Waals surface area contributed by atoms with Gasteiger partial charge in [0.15, 0.2) is 12.0 Å². The van der Waals surface area contributed by atoms with Gasteiger partial charge in [-0.15, -0.1) is 10.2 Å². The number of hydrogen-bond donors (Lipinski definition) is 1. The lowest BCUT2D eigenvalue weighted by atomic mass is 9.91. The maximum atomic E-state index is 13.7. The summed E-state index contributed by atoms with van der Waals surface area (Å²) in [6, 6.07) is 9.15. The molecule has 1 aromatic carbocycles. The van der Waals surface area contributed by atoms with Crippen LogP contribution in [0, 0.1) is 5.82 Å². The molecule has 9 nitrogen and oxygen atoms in total. The molecule has 2 aromatic heterocycles. The number of halogens is 1. The van der Waals surface area contributed by atoms with E-state index >= 15 is 0 Å². The van der Waals surface area contributed by atoms with Gasteiger partial charge in [-0.05, 0) is 37.7 Å². The summed E-state index contributed by atoms with van der Waals surface area (Å²) in [6.07, 6.45) is 3.65. The second-order valence-corrected chi connectivity index (χ2v) is 7.45. The van der Waals surface area contributed by atoms with E-state index in [1.165, 1.54) is 7.11 Å². The van der Waals surface area contributed by atoms with E-state index in [0.717, 1.165) is 22.8 Å². The number of ether oxygens (including phenoxy) is 1. The number of nitrogens with zero attached hydrogens (tertiary/aromatic N) is 4. The molecule has 1 fully saturated rings. The van der Waals surface area contributed by atoms with Gasteiger partial charge in [0, 0.05) is 11.6 Å². The van der Waals surface area contributed by atoms with Crippen LogP contribution in [-0.2, 0) is 17.6 Å². The Morgan fingerprint density at radius 2 is 2.03 bits per heavy atom. The van der Waals surface area contributed by atoms with Gasteiger partial charge in [0.2, 0.25) is 11.7 Å². The van der Waals surface area contributed by atoms with Crippen molar-refractivity contribution in [3.05, 3.63) is 69.5 Å². The molecular formula is C22H21FN4O5. The van der Waals surface area contributed by atoms with Crippen LogP contribution < -0.4 is 5.56 Å². The Hall–Kier alpha value is -3.82. The molecule has 1 aliphatic carbocycles. The third-order valence-electron chi connectivity index (χ3n) is 5.55. The smallest absolute Gasteiger partial charge is 0.343 e. The van der Waals surface area contributed by atoms with Gasteiger partial charge < -0.3 is 14.4 Å². The average molecular weight is 440 g/mol. The van der Waals surface area contributed by atoms with Crippen LogP contribution >= 0.6 is 0 Å². The number of aromatic nitrogens is 2. The van der Waals surface area contributed by atoms with E-state index in [1.807, 2.05) is 30.3 Å². The Balaban J connectivity index is 1.88. The molecule has 1 N–H and O–H groups in total. The summed E-state index contributed by atoms with van der Waals surface area (Å²) in [7, 11) is 1.18. The number of methoxy groups -OCH3 is 1. The van der Waals surface area contributed by atoms with Crippen LogP contribution in [0.3, 0.4) is 0 Å². The highest BCUT2D eigenvalue weighted by Gasteiger charge is 2.32. The van der Waals surface area contributed by atoms with Gasteiger partial charge >= 0.3 is 5.97 Å². The van der Waals surface area contributed by atoms with Crippen LogP contribution in [0.15, 0.2) is 56.1 Å². The fraction of sp³-hybridized carbons (Fsp3) is 0.318. The maximum absolute atomic E-state index is 13.7. The van der Waals surface area contributed by atoms with Crippen molar-refractivity contribution in [1.82, 2.24) is 9.72 Å². The third-order valence-corrected chi connectivity index (χ3v) is 5.55. The van der Waals surface area contributed by atoms with E-state index in [0.29, 0.717) is 19.3 Å². The highest BCUT2D eigenvalue weighted by atomic mass is 19.1. The lowest BCUT2D eigenvalue weighted by molar-refractivity contribution is 0.0595. The Bertz CT molecular complexity index is 1220. The first-order chi connectivity index (χ1) is 15.5. The van der Waals surface area contributed by atoms with Crippen molar-refractivity contribution in [3.8, 4) is 5.88 Å².